The molecule has 0 aliphatic carbocycles. The number of nitrogens with zero attached hydrogens (tertiary/aromatic N) is 3. The largest absolute Gasteiger partial charge is 0.459 e. The Labute approximate surface area is 165 Å². The van der Waals surface area contributed by atoms with Gasteiger partial charge < -0.3 is 19.7 Å². The van der Waals surface area contributed by atoms with Crippen molar-refractivity contribution in [2.75, 3.05) is 33.7 Å². The van der Waals surface area contributed by atoms with E-state index in [1.54, 1.807) is 0 Å². The first-order valence-corrected chi connectivity index (χ1v) is 9.32. The molecule has 5 rings (SSSR count). The van der Waals surface area contributed by atoms with Crippen molar-refractivity contribution in [1.29, 1.82) is 0 Å². The van der Waals surface area contributed by atoms with Crippen LogP contribution in [0.15, 0.2) is 28.7 Å². The molecule has 148 valence electrons. The third kappa shape index (κ3) is 2.82. The molecule has 2 saturated heterocycles. The topological polar surface area (TPSA) is 71.4 Å². The molecule has 0 unspecified atom stereocenters. The maximum absolute atomic E-state index is 12.6. The summed E-state index contributed by atoms with van der Waals surface area (Å²) in [6.45, 7) is 2.99. The molecule has 1 spiro atoms. The van der Waals surface area contributed by atoms with Crippen LogP contribution in [0.3, 0.4) is 0 Å². The molecular formula is C20H28ClN3O3. The number of para-hydroxylation sites is 1. The van der Waals surface area contributed by atoms with Gasteiger partial charge in [-0.15, -0.1) is 12.4 Å². The number of carbonyl (C=O) groups is 1. The number of urea groups is 1. The van der Waals surface area contributed by atoms with Crippen LogP contribution in [0.4, 0.5) is 4.79 Å². The molecule has 7 heteroatoms. The second-order valence-electron chi connectivity index (χ2n) is 7.93. The fraction of sp³-hybridized carbons (Fsp3) is 0.550. The molecule has 2 amide bonds. The standard InChI is InChI=1S/C20H25N3O2.ClH.H2O/c1-21-11-8-20(22(2)19(21)24)9-12-23-10-7-15-14-5-3-4-6-17(14)25-18(15)16(23)13-20;;/h3-6,16H,7-13H2,1-2H3;1H;1H2/t16-,20+;;/m0../s1. The Morgan fingerprint density at radius 2 is 1.85 bits per heavy atom. The monoisotopic (exact) mass is 393 g/mol. The lowest BCUT2D eigenvalue weighted by molar-refractivity contribution is -0.0185. The molecule has 1 aromatic carbocycles. The van der Waals surface area contributed by atoms with Crippen LogP contribution in [-0.4, -0.2) is 65.5 Å². The molecule has 2 N–H and O–H groups in total. The van der Waals surface area contributed by atoms with E-state index >= 15 is 0 Å². The van der Waals surface area contributed by atoms with Crippen molar-refractivity contribution in [2.24, 2.45) is 0 Å². The quantitative estimate of drug-likeness (QED) is 0.690. The van der Waals surface area contributed by atoms with Crippen LogP contribution in [0.5, 0.6) is 0 Å². The van der Waals surface area contributed by atoms with Crippen molar-refractivity contribution in [2.45, 2.75) is 37.3 Å². The number of benzene rings is 1. The minimum atomic E-state index is -0.0294. The van der Waals surface area contributed by atoms with Gasteiger partial charge in [0.15, 0.2) is 0 Å². The average Bonchev–Trinajstić information content (AvgIpc) is 3.03. The van der Waals surface area contributed by atoms with Gasteiger partial charge in [-0.2, -0.15) is 0 Å². The Bertz CT molecular complexity index is 854. The molecule has 0 radical (unpaired) electrons. The number of hydrogen-bond donors (Lipinski definition) is 0. The summed E-state index contributed by atoms with van der Waals surface area (Å²) >= 11 is 0. The molecule has 27 heavy (non-hydrogen) atoms. The highest BCUT2D eigenvalue weighted by Gasteiger charge is 2.49. The van der Waals surface area contributed by atoms with E-state index in [0.29, 0.717) is 6.04 Å². The highest BCUT2D eigenvalue weighted by molar-refractivity contribution is 5.85. The number of fused-ring (bicyclic) bond motifs is 5. The van der Waals surface area contributed by atoms with E-state index in [2.05, 4.69) is 23.1 Å². The third-order valence-electron chi connectivity index (χ3n) is 6.80. The minimum Gasteiger partial charge on any atom is -0.459 e. The average molecular weight is 394 g/mol. The predicted octanol–water partition coefficient (Wildman–Crippen LogP) is 2.85. The van der Waals surface area contributed by atoms with Crippen molar-refractivity contribution in [3.05, 3.63) is 35.6 Å². The van der Waals surface area contributed by atoms with Gasteiger partial charge in [-0.05, 0) is 31.7 Å². The van der Waals surface area contributed by atoms with E-state index in [9.17, 15) is 4.79 Å². The third-order valence-corrected chi connectivity index (χ3v) is 6.80. The lowest BCUT2D eigenvalue weighted by Crippen LogP contribution is -2.63. The van der Waals surface area contributed by atoms with Gasteiger partial charge in [0.05, 0.1) is 6.04 Å². The Morgan fingerprint density at radius 3 is 2.67 bits per heavy atom. The number of piperidine rings is 1. The lowest BCUT2D eigenvalue weighted by atomic mass is 9.76. The second-order valence-corrected chi connectivity index (χ2v) is 7.93. The molecular weight excluding hydrogens is 366 g/mol. The van der Waals surface area contributed by atoms with Crippen LogP contribution in [0.2, 0.25) is 0 Å². The number of halogens is 1. The Balaban J connectivity index is 0.00000105. The summed E-state index contributed by atoms with van der Waals surface area (Å²) in [4.78, 5) is 19.0. The van der Waals surface area contributed by atoms with Crippen LogP contribution in [0.25, 0.3) is 11.0 Å². The zero-order valence-corrected chi connectivity index (χ0v) is 16.7. The van der Waals surface area contributed by atoms with Crippen LogP contribution in [-0.2, 0) is 6.42 Å². The SMILES string of the molecule is CN1CC[C@]2(CCN3CCc4c(oc5ccccc45)[C@@H]3C2)N(C)C1=O.Cl.O. The first-order chi connectivity index (χ1) is 12.1. The smallest absolute Gasteiger partial charge is 0.319 e. The Kier molecular flexibility index (Phi) is 5.18. The molecule has 6 nitrogen and oxygen atoms in total. The maximum Gasteiger partial charge on any atom is 0.319 e. The van der Waals surface area contributed by atoms with Crippen molar-refractivity contribution in [1.82, 2.24) is 14.7 Å². The predicted molar refractivity (Wildman–Crippen MR) is 107 cm³/mol. The number of rotatable bonds is 0. The highest BCUT2D eigenvalue weighted by Crippen LogP contribution is 2.47. The van der Waals surface area contributed by atoms with Crippen LogP contribution in [0.1, 0.15) is 36.6 Å². The van der Waals surface area contributed by atoms with E-state index in [1.165, 1.54) is 10.9 Å². The summed E-state index contributed by atoms with van der Waals surface area (Å²) in [7, 11) is 3.88. The second kappa shape index (κ2) is 7.00. The lowest BCUT2D eigenvalue weighted by Gasteiger charge is -2.54. The van der Waals surface area contributed by atoms with Gasteiger partial charge in [0.1, 0.15) is 11.3 Å². The Morgan fingerprint density at radius 1 is 1.11 bits per heavy atom. The molecule has 2 atom stereocenters. The van der Waals surface area contributed by atoms with Crippen LogP contribution in [0, 0.1) is 0 Å². The number of hydrogen-bond acceptors (Lipinski definition) is 3. The minimum absolute atomic E-state index is 0. The first kappa shape index (κ1) is 20.0. The van der Waals surface area contributed by atoms with Crippen molar-refractivity contribution >= 4 is 29.4 Å². The van der Waals surface area contributed by atoms with Gasteiger partial charge in [0.2, 0.25) is 0 Å². The molecule has 0 saturated carbocycles. The first-order valence-electron chi connectivity index (χ1n) is 9.32. The summed E-state index contributed by atoms with van der Waals surface area (Å²) < 4.78 is 6.32. The summed E-state index contributed by atoms with van der Waals surface area (Å²) in [6, 6.07) is 8.83. The molecule has 0 bridgehead atoms. The van der Waals surface area contributed by atoms with Gasteiger partial charge in [0, 0.05) is 50.2 Å². The number of amides is 2. The zero-order chi connectivity index (χ0) is 17.2. The zero-order valence-electron chi connectivity index (χ0n) is 15.9. The van der Waals surface area contributed by atoms with Gasteiger partial charge in [-0.25, -0.2) is 4.79 Å². The summed E-state index contributed by atoms with van der Waals surface area (Å²) in [5, 5.41) is 1.27. The molecule has 2 aromatic rings. The van der Waals surface area contributed by atoms with Gasteiger partial charge in [0.25, 0.3) is 0 Å². The van der Waals surface area contributed by atoms with E-state index in [1.807, 2.05) is 30.0 Å². The van der Waals surface area contributed by atoms with E-state index in [-0.39, 0.29) is 29.5 Å². The summed E-state index contributed by atoms with van der Waals surface area (Å²) in [5.41, 5.74) is 2.36. The van der Waals surface area contributed by atoms with E-state index in [0.717, 1.165) is 56.7 Å². The molecule has 3 aliphatic heterocycles. The highest BCUT2D eigenvalue weighted by atomic mass is 35.5. The van der Waals surface area contributed by atoms with Crippen LogP contribution < -0.4 is 0 Å². The summed E-state index contributed by atoms with van der Waals surface area (Å²) in [5.74, 6) is 1.14. The van der Waals surface area contributed by atoms with Crippen molar-refractivity contribution < 1.29 is 14.7 Å². The van der Waals surface area contributed by atoms with E-state index in [4.69, 9.17) is 4.42 Å². The summed E-state index contributed by atoms with van der Waals surface area (Å²) in [6.07, 6.45) is 4.16. The number of carbonyl (C=O) groups excluding carboxylic acids is 1. The van der Waals surface area contributed by atoms with Gasteiger partial charge >= 0.3 is 6.03 Å². The Hall–Kier alpha value is -1.76. The van der Waals surface area contributed by atoms with Gasteiger partial charge in [-0.1, -0.05) is 18.2 Å². The maximum atomic E-state index is 12.6. The van der Waals surface area contributed by atoms with Crippen molar-refractivity contribution in [3.8, 4) is 0 Å². The van der Waals surface area contributed by atoms with Crippen LogP contribution >= 0.6 is 12.4 Å². The number of furan rings is 1. The van der Waals surface area contributed by atoms with Crippen molar-refractivity contribution in [3.63, 3.8) is 0 Å². The molecule has 2 fully saturated rings. The molecule has 4 heterocycles. The molecule has 3 aliphatic rings. The van der Waals surface area contributed by atoms with E-state index < -0.39 is 0 Å². The van der Waals surface area contributed by atoms with Gasteiger partial charge in [-0.3, -0.25) is 4.90 Å². The molecule has 1 aromatic heterocycles. The fourth-order valence-corrected chi connectivity index (χ4v) is 5.15. The fourth-order valence-electron chi connectivity index (χ4n) is 5.15. The normalized spacial score (nSPS) is 27.8.